The highest BCUT2D eigenvalue weighted by Crippen LogP contribution is 2.32. The molecule has 0 bridgehead atoms. The molecule has 0 amide bonds. The summed E-state index contributed by atoms with van der Waals surface area (Å²) >= 11 is 0. The van der Waals surface area contributed by atoms with Crippen LogP contribution in [0.5, 0.6) is 0 Å². The predicted octanol–water partition coefficient (Wildman–Crippen LogP) is 3.60. The first-order chi connectivity index (χ1) is 8.25. The Hall–Kier alpha value is -0.820. The zero-order chi connectivity index (χ0) is 12.1. The van der Waals surface area contributed by atoms with E-state index in [9.17, 15) is 0 Å². The number of hydrogen-bond acceptors (Lipinski definition) is 1. The van der Waals surface area contributed by atoms with E-state index in [-0.39, 0.29) is 0 Å². The van der Waals surface area contributed by atoms with Crippen LogP contribution in [0.15, 0.2) is 30.3 Å². The lowest BCUT2D eigenvalue weighted by atomic mass is 9.76. The Labute approximate surface area is 106 Å². The van der Waals surface area contributed by atoms with E-state index in [1.807, 2.05) is 0 Å². The zero-order valence-electron chi connectivity index (χ0n) is 11.2. The fourth-order valence-electron chi connectivity index (χ4n) is 3.18. The Bertz CT molecular complexity index is 318. The first-order valence-electron chi connectivity index (χ1n) is 6.94. The molecule has 1 aromatic carbocycles. The molecule has 0 heterocycles. The second-order valence-electron chi connectivity index (χ2n) is 5.76. The Morgan fingerprint density at radius 3 is 2.29 bits per heavy atom. The SMILES string of the molecule is CN(C)CC1CCCCC1Cc1ccccc1. The van der Waals surface area contributed by atoms with Gasteiger partial charge in [0.15, 0.2) is 0 Å². The van der Waals surface area contributed by atoms with Crippen molar-refractivity contribution >= 4 is 0 Å². The summed E-state index contributed by atoms with van der Waals surface area (Å²) in [6.07, 6.45) is 6.99. The van der Waals surface area contributed by atoms with Gasteiger partial charge in [-0.2, -0.15) is 0 Å². The third-order valence-corrected chi connectivity index (χ3v) is 4.01. The Morgan fingerprint density at radius 1 is 1.00 bits per heavy atom. The van der Waals surface area contributed by atoms with E-state index in [1.54, 1.807) is 0 Å². The van der Waals surface area contributed by atoms with Crippen molar-refractivity contribution in [2.75, 3.05) is 20.6 Å². The molecular weight excluding hydrogens is 206 g/mol. The van der Waals surface area contributed by atoms with Gasteiger partial charge in [0.25, 0.3) is 0 Å². The van der Waals surface area contributed by atoms with Gasteiger partial charge in [0.1, 0.15) is 0 Å². The molecule has 17 heavy (non-hydrogen) atoms. The quantitative estimate of drug-likeness (QED) is 0.765. The molecule has 1 heteroatoms. The van der Waals surface area contributed by atoms with E-state index < -0.39 is 0 Å². The highest BCUT2D eigenvalue weighted by atomic mass is 15.1. The lowest BCUT2D eigenvalue weighted by Gasteiger charge is -2.33. The molecule has 94 valence electrons. The van der Waals surface area contributed by atoms with Gasteiger partial charge in [0, 0.05) is 6.54 Å². The molecule has 0 radical (unpaired) electrons. The zero-order valence-corrected chi connectivity index (χ0v) is 11.2. The second kappa shape index (κ2) is 6.20. The van der Waals surface area contributed by atoms with Crippen LogP contribution in [0, 0.1) is 11.8 Å². The van der Waals surface area contributed by atoms with Crippen molar-refractivity contribution in [3.63, 3.8) is 0 Å². The topological polar surface area (TPSA) is 3.24 Å². The Balaban J connectivity index is 1.96. The molecule has 0 aromatic heterocycles. The molecule has 0 saturated heterocycles. The second-order valence-corrected chi connectivity index (χ2v) is 5.76. The van der Waals surface area contributed by atoms with Crippen molar-refractivity contribution in [1.29, 1.82) is 0 Å². The number of hydrogen-bond donors (Lipinski definition) is 0. The maximum Gasteiger partial charge on any atom is 0.000632 e. The van der Waals surface area contributed by atoms with Crippen molar-refractivity contribution in [3.8, 4) is 0 Å². The van der Waals surface area contributed by atoms with Gasteiger partial charge in [-0.3, -0.25) is 0 Å². The molecule has 0 spiro atoms. The summed E-state index contributed by atoms with van der Waals surface area (Å²) in [6, 6.07) is 11.0. The highest BCUT2D eigenvalue weighted by Gasteiger charge is 2.25. The third-order valence-electron chi connectivity index (χ3n) is 4.01. The average molecular weight is 231 g/mol. The van der Waals surface area contributed by atoms with Crippen molar-refractivity contribution in [2.45, 2.75) is 32.1 Å². The van der Waals surface area contributed by atoms with E-state index in [0.29, 0.717) is 0 Å². The molecule has 1 nitrogen and oxygen atoms in total. The van der Waals surface area contributed by atoms with E-state index in [4.69, 9.17) is 0 Å². The van der Waals surface area contributed by atoms with E-state index in [0.717, 1.165) is 11.8 Å². The smallest absolute Gasteiger partial charge is 0.000632 e. The summed E-state index contributed by atoms with van der Waals surface area (Å²) in [5, 5.41) is 0. The van der Waals surface area contributed by atoms with Crippen LogP contribution in [0.2, 0.25) is 0 Å². The van der Waals surface area contributed by atoms with Crippen molar-refractivity contribution in [2.24, 2.45) is 11.8 Å². The largest absolute Gasteiger partial charge is 0.309 e. The molecule has 0 aliphatic heterocycles. The summed E-state index contributed by atoms with van der Waals surface area (Å²) in [5.74, 6) is 1.80. The van der Waals surface area contributed by atoms with Crippen LogP contribution < -0.4 is 0 Å². The number of benzene rings is 1. The molecule has 1 saturated carbocycles. The molecule has 2 atom stereocenters. The van der Waals surface area contributed by atoms with Gasteiger partial charge >= 0.3 is 0 Å². The number of nitrogens with zero attached hydrogens (tertiary/aromatic N) is 1. The predicted molar refractivity (Wildman–Crippen MR) is 74.1 cm³/mol. The summed E-state index contributed by atoms with van der Waals surface area (Å²) in [4.78, 5) is 2.36. The minimum atomic E-state index is 0.897. The van der Waals surface area contributed by atoms with Gasteiger partial charge < -0.3 is 4.90 Å². The first kappa shape index (κ1) is 12.6. The molecule has 1 aliphatic carbocycles. The summed E-state index contributed by atoms with van der Waals surface area (Å²) in [7, 11) is 4.41. The first-order valence-corrected chi connectivity index (χ1v) is 6.94. The normalized spacial score (nSPS) is 25.1. The standard InChI is InChI=1S/C16H25N/c1-17(2)13-16-11-7-6-10-15(16)12-14-8-4-3-5-9-14/h3-5,8-9,15-16H,6-7,10-13H2,1-2H3. The van der Waals surface area contributed by atoms with E-state index in [1.165, 1.54) is 44.2 Å². The highest BCUT2D eigenvalue weighted by molar-refractivity contribution is 5.15. The maximum atomic E-state index is 2.36. The molecule has 1 aromatic rings. The van der Waals surface area contributed by atoms with Crippen LogP contribution in [0.4, 0.5) is 0 Å². The van der Waals surface area contributed by atoms with Crippen LogP contribution in [0.25, 0.3) is 0 Å². The average Bonchev–Trinajstić information content (AvgIpc) is 2.32. The molecule has 2 unspecified atom stereocenters. The van der Waals surface area contributed by atoms with Crippen molar-refractivity contribution in [3.05, 3.63) is 35.9 Å². The van der Waals surface area contributed by atoms with Crippen molar-refractivity contribution < 1.29 is 0 Å². The fraction of sp³-hybridized carbons (Fsp3) is 0.625. The maximum absolute atomic E-state index is 2.36. The van der Waals surface area contributed by atoms with E-state index >= 15 is 0 Å². The van der Waals surface area contributed by atoms with Crippen LogP contribution in [-0.2, 0) is 6.42 Å². The van der Waals surface area contributed by atoms with Gasteiger partial charge in [0.05, 0.1) is 0 Å². The Morgan fingerprint density at radius 2 is 1.65 bits per heavy atom. The summed E-state index contributed by atoms with van der Waals surface area (Å²) in [5.41, 5.74) is 1.52. The Kier molecular flexibility index (Phi) is 4.61. The lowest BCUT2D eigenvalue weighted by Crippen LogP contribution is -2.31. The molecule has 2 rings (SSSR count). The van der Waals surface area contributed by atoms with Crippen LogP contribution in [0.1, 0.15) is 31.2 Å². The van der Waals surface area contributed by atoms with E-state index in [2.05, 4.69) is 49.3 Å². The molecule has 1 aliphatic rings. The molecular formula is C16H25N. The molecule has 0 N–H and O–H groups in total. The monoisotopic (exact) mass is 231 g/mol. The van der Waals surface area contributed by atoms with Gasteiger partial charge in [-0.15, -0.1) is 0 Å². The fourth-order valence-corrected chi connectivity index (χ4v) is 3.18. The van der Waals surface area contributed by atoms with Gasteiger partial charge in [-0.25, -0.2) is 0 Å². The third kappa shape index (κ3) is 3.85. The van der Waals surface area contributed by atoms with Gasteiger partial charge in [-0.05, 0) is 50.8 Å². The molecule has 1 fully saturated rings. The summed E-state index contributed by atoms with van der Waals surface area (Å²) in [6.45, 7) is 1.26. The van der Waals surface area contributed by atoms with Crippen LogP contribution in [0.3, 0.4) is 0 Å². The minimum Gasteiger partial charge on any atom is -0.309 e. The lowest BCUT2D eigenvalue weighted by molar-refractivity contribution is 0.185. The van der Waals surface area contributed by atoms with Crippen molar-refractivity contribution in [1.82, 2.24) is 4.90 Å². The summed E-state index contributed by atoms with van der Waals surface area (Å²) < 4.78 is 0. The van der Waals surface area contributed by atoms with Gasteiger partial charge in [0.2, 0.25) is 0 Å². The number of rotatable bonds is 4. The minimum absolute atomic E-state index is 0.897. The van der Waals surface area contributed by atoms with Crippen LogP contribution >= 0.6 is 0 Å². The van der Waals surface area contributed by atoms with Crippen LogP contribution in [-0.4, -0.2) is 25.5 Å². The van der Waals surface area contributed by atoms with Gasteiger partial charge in [-0.1, -0.05) is 43.2 Å².